The number of halogens is 3. The maximum absolute atomic E-state index is 12.5. The van der Waals surface area contributed by atoms with E-state index in [9.17, 15) is 18.0 Å². The molecule has 3 atom stereocenters. The number of hydrogen-bond donors (Lipinski definition) is 2. The van der Waals surface area contributed by atoms with Gasteiger partial charge in [0.25, 0.3) is 11.1 Å². The number of rotatable bonds is 4. The molecule has 2 saturated heterocycles. The van der Waals surface area contributed by atoms with Gasteiger partial charge in [0.2, 0.25) is 5.01 Å². The van der Waals surface area contributed by atoms with E-state index >= 15 is 0 Å². The highest BCUT2D eigenvalue weighted by atomic mass is 32.1. The van der Waals surface area contributed by atoms with E-state index in [1.54, 1.807) is 12.1 Å². The molecule has 2 aromatic rings. The van der Waals surface area contributed by atoms with Gasteiger partial charge in [0.05, 0.1) is 0 Å². The van der Waals surface area contributed by atoms with E-state index in [-0.39, 0.29) is 22.9 Å². The van der Waals surface area contributed by atoms with Gasteiger partial charge in [-0.15, -0.1) is 5.10 Å². The molecular weight excluding hydrogens is 369 g/mol. The molecular formula is C16H15F3N4O2S. The van der Waals surface area contributed by atoms with Gasteiger partial charge in [0.1, 0.15) is 5.75 Å². The van der Waals surface area contributed by atoms with Crippen molar-refractivity contribution in [3.05, 3.63) is 34.8 Å². The molecule has 3 heterocycles. The van der Waals surface area contributed by atoms with Crippen LogP contribution in [0.3, 0.4) is 0 Å². The topological polar surface area (TPSA) is 76.1 Å². The van der Waals surface area contributed by atoms with Crippen LogP contribution in [0.4, 0.5) is 13.2 Å². The zero-order valence-electron chi connectivity index (χ0n) is 13.4. The third-order valence-corrected chi connectivity index (χ3v) is 5.43. The first-order chi connectivity index (χ1) is 12.4. The second kappa shape index (κ2) is 6.51. The lowest BCUT2D eigenvalue weighted by Crippen LogP contribution is -2.42. The fourth-order valence-corrected chi connectivity index (χ4v) is 3.96. The molecule has 1 aromatic heterocycles. The van der Waals surface area contributed by atoms with Gasteiger partial charge in [-0.05, 0) is 43.5 Å². The molecule has 26 heavy (non-hydrogen) atoms. The minimum atomic E-state index is -4.55. The van der Waals surface area contributed by atoms with Crippen LogP contribution in [-0.4, -0.2) is 34.2 Å². The number of benzene rings is 1. The van der Waals surface area contributed by atoms with Crippen LogP contribution in [0.15, 0.2) is 24.3 Å². The first-order valence-electron chi connectivity index (χ1n) is 8.14. The summed E-state index contributed by atoms with van der Waals surface area (Å²) in [6.07, 6.45) is -1.37. The minimum Gasteiger partial charge on any atom is -0.430 e. The van der Waals surface area contributed by atoms with Gasteiger partial charge in [0.15, 0.2) is 0 Å². The normalized spacial score (nSPS) is 24.7. The van der Waals surface area contributed by atoms with Crippen LogP contribution < -0.4 is 15.4 Å². The molecule has 3 unspecified atom stereocenters. The van der Waals surface area contributed by atoms with Crippen molar-refractivity contribution in [1.29, 1.82) is 0 Å². The molecule has 0 saturated carbocycles. The quantitative estimate of drug-likeness (QED) is 0.848. The largest absolute Gasteiger partial charge is 0.445 e. The van der Waals surface area contributed by atoms with Crippen molar-refractivity contribution in [2.45, 2.75) is 43.6 Å². The number of carbonyl (C=O) groups is 1. The van der Waals surface area contributed by atoms with Gasteiger partial charge in [-0.25, -0.2) is 0 Å². The summed E-state index contributed by atoms with van der Waals surface area (Å²) < 4.78 is 42.8. The Kier molecular flexibility index (Phi) is 4.31. The lowest BCUT2D eigenvalue weighted by atomic mass is 9.95. The van der Waals surface area contributed by atoms with Crippen LogP contribution in [-0.2, 0) is 6.18 Å². The summed E-state index contributed by atoms with van der Waals surface area (Å²) in [4.78, 5) is 12.3. The highest BCUT2D eigenvalue weighted by Crippen LogP contribution is 2.35. The fourth-order valence-electron chi connectivity index (χ4n) is 3.38. The Morgan fingerprint density at radius 2 is 2.00 bits per heavy atom. The standard InChI is InChI=1S/C16H15F3N4O2S/c17-16(18,19)14-22-23-15(26-14)25-10-4-1-8(2-5-10)13(24)21-12-7-9-3-6-11(12)20-9/h1-2,4-5,9,11-12,20H,3,6-7H2,(H,21,24). The first kappa shape index (κ1) is 17.2. The van der Waals surface area contributed by atoms with Gasteiger partial charge in [0, 0.05) is 23.7 Å². The van der Waals surface area contributed by atoms with Crippen molar-refractivity contribution in [2.24, 2.45) is 0 Å². The van der Waals surface area contributed by atoms with Crippen LogP contribution in [0.5, 0.6) is 10.9 Å². The number of carbonyl (C=O) groups excluding carboxylic acids is 1. The first-order valence-corrected chi connectivity index (χ1v) is 8.95. The lowest BCUT2D eigenvalue weighted by Gasteiger charge is -2.21. The predicted molar refractivity (Wildman–Crippen MR) is 87.2 cm³/mol. The Labute approximate surface area is 150 Å². The molecule has 1 aromatic carbocycles. The number of nitrogens with zero attached hydrogens (tertiary/aromatic N) is 2. The SMILES string of the molecule is O=C(NC1CC2CCC1N2)c1ccc(Oc2nnc(C(F)(F)F)s2)cc1. The second-order valence-corrected chi connectivity index (χ2v) is 7.30. The number of alkyl halides is 3. The van der Waals surface area contributed by atoms with E-state index < -0.39 is 11.2 Å². The highest BCUT2D eigenvalue weighted by Gasteiger charge is 2.39. The van der Waals surface area contributed by atoms with E-state index in [2.05, 4.69) is 20.8 Å². The summed E-state index contributed by atoms with van der Waals surface area (Å²) in [5, 5.41) is 11.6. The van der Waals surface area contributed by atoms with Crippen molar-refractivity contribution in [1.82, 2.24) is 20.8 Å². The number of hydrogen-bond acceptors (Lipinski definition) is 6. The summed E-state index contributed by atoms with van der Waals surface area (Å²) in [7, 11) is 0. The molecule has 6 nitrogen and oxygen atoms in total. The lowest BCUT2D eigenvalue weighted by molar-refractivity contribution is -0.138. The maximum Gasteiger partial charge on any atom is 0.445 e. The number of amides is 1. The highest BCUT2D eigenvalue weighted by molar-refractivity contribution is 7.13. The van der Waals surface area contributed by atoms with E-state index in [1.807, 2.05) is 0 Å². The van der Waals surface area contributed by atoms with Gasteiger partial charge >= 0.3 is 6.18 Å². The van der Waals surface area contributed by atoms with E-state index in [0.29, 0.717) is 29.0 Å². The van der Waals surface area contributed by atoms with Crippen molar-refractivity contribution in [2.75, 3.05) is 0 Å². The summed E-state index contributed by atoms with van der Waals surface area (Å²) in [6.45, 7) is 0. The number of ether oxygens (including phenoxy) is 1. The summed E-state index contributed by atoms with van der Waals surface area (Å²) >= 11 is 0.318. The van der Waals surface area contributed by atoms with Crippen LogP contribution in [0.1, 0.15) is 34.6 Å². The summed E-state index contributed by atoms with van der Waals surface area (Å²) in [6, 6.07) is 7.14. The summed E-state index contributed by atoms with van der Waals surface area (Å²) in [5.41, 5.74) is 0.466. The van der Waals surface area contributed by atoms with E-state index in [4.69, 9.17) is 4.74 Å². The molecule has 2 aliphatic rings. The molecule has 138 valence electrons. The minimum absolute atomic E-state index is 0.138. The molecule has 1 amide bonds. The Bertz CT molecular complexity index is 809. The van der Waals surface area contributed by atoms with E-state index in [0.717, 1.165) is 19.3 Å². The van der Waals surface area contributed by atoms with Crippen molar-refractivity contribution in [3.8, 4) is 10.9 Å². The van der Waals surface area contributed by atoms with Crippen molar-refractivity contribution < 1.29 is 22.7 Å². The molecule has 2 fully saturated rings. The zero-order chi connectivity index (χ0) is 18.3. The molecule has 10 heteroatoms. The van der Waals surface area contributed by atoms with Crippen LogP contribution in [0, 0.1) is 0 Å². The van der Waals surface area contributed by atoms with Gasteiger partial charge in [-0.3, -0.25) is 4.79 Å². The molecule has 0 spiro atoms. The average Bonchev–Trinajstić information content (AvgIpc) is 3.31. The Morgan fingerprint density at radius 1 is 1.23 bits per heavy atom. The van der Waals surface area contributed by atoms with E-state index in [1.165, 1.54) is 12.1 Å². The average molecular weight is 384 g/mol. The van der Waals surface area contributed by atoms with Crippen LogP contribution in [0.25, 0.3) is 0 Å². The zero-order valence-corrected chi connectivity index (χ0v) is 14.2. The molecule has 4 rings (SSSR count). The fraction of sp³-hybridized carbons (Fsp3) is 0.438. The summed E-state index contributed by atoms with van der Waals surface area (Å²) in [5.74, 6) is 0.110. The Balaban J connectivity index is 1.37. The molecule has 0 radical (unpaired) electrons. The smallest absolute Gasteiger partial charge is 0.430 e. The third kappa shape index (κ3) is 3.51. The monoisotopic (exact) mass is 384 g/mol. The predicted octanol–water partition coefficient (Wildman–Crippen LogP) is 2.97. The number of fused-ring (bicyclic) bond motifs is 2. The van der Waals surface area contributed by atoms with Gasteiger partial charge < -0.3 is 15.4 Å². The van der Waals surface area contributed by atoms with Crippen molar-refractivity contribution in [3.63, 3.8) is 0 Å². The van der Waals surface area contributed by atoms with Crippen molar-refractivity contribution >= 4 is 17.2 Å². The second-order valence-electron chi connectivity index (χ2n) is 6.36. The van der Waals surface area contributed by atoms with Gasteiger partial charge in [-0.2, -0.15) is 13.2 Å². The van der Waals surface area contributed by atoms with Gasteiger partial charge in [-0.1, -0.05) is 16.4 Å². The molecule has 2 aliphatic heterocycles. The van der Waals surface area contributed by atoms with Crippen LogP contribution >= 0.6 is 11.3 Å². The Hall–Kier alpha value is -2.20. The molecule has 2 N–H and O–H groups in total. The molecule has 0 aliphatic carbocycles. The van der Waals surface area contributed by atoms with Crippen LogP contribution in [0.2, 0.25) is 0 Å². The third-order valence-electron chi connectivity index (χ3n) is 4.59. The molecule has 2 bridgehead atoms. The maximum atomic E-state index is 12.5. The number of nitrogens with one attached hydrogen (secondary N) is 2. The Morgan fingerprint density at radius 3 is 2.58 bits per heavy atom. The number of aromatic nitrogens is 2.